The van der Waals surface area contributed by atoms with Crippen LogP contribution in [-0.4, -0.2) is 36.9 Å². The van der Waals surface area contributed by atoms with Gasteiger partial charge in [-0.3, -0.25) is 4.79 Å². The van der Waals surface area contributed by atoms with Crippen molar-refractivity contribution in [3.05, 3.63) is 62.1 Å². The lowest BCUT2D eigenvalue weighted by atomic mass is 9.92. The average Bonchev–Trinajstić information content (AvgIpc) is 2.73. The summed E-state index contributed by atoms with van der Waals surface area (Å²) in [4.78, 5) is 11.9. The minimum absolute atomic E-state index is 0.102. The number of hydrogen-bond acceptors (Lipinski definition) is 4. The van der Waals surface area contributed by atoms with E-state index >= 15 is 0 Å². The van der Waals surface area contributed by atoms with Crippen LogP contribution in [0.25, 0.3) is 0 Å². The third-order valence-electron chi connectivity index (χ3n) is 5.17. The van der Waals surface area contributed by atoms with Crippen molar-refractivity contribution in [1.29, 1.82) is 0 Å². The van der Waals surface area contributed by atoms with Crippen molar-refractivity contribution >= 4 is 46.4 Å². The number of hydrogen-bond donors (Lipinski definition) is 3. The lowest BCUT2D eigenvalue weighted by Gasteiger charge is -2.32. The van der Waals surface area contributed by atoms with Crippen LogP contribution in [0.4, 0.5) is 18.9 Å². The Kier molecular flexibility index (Phi) is 9.30. The molecule has 0 heterocycles. The molecular weight excluding hydrogens is 504 g/mol. The lowest BCUT2D eigenvalue weighted by Crippen LogP contribution is -2.47. The standard InChI is InChI=1S/C22H24Cl3F3N2O3/c1-12-6-16(5-4-14(12)10-29-19(31)7-13(2)33-3)30-11-21(32,22(26,27)28)15-8-17(23)20(25)18(24)9-15/h4-6,8-9,13,30,32H,7,10-11H2,1-3H3,(H,29,31)/t13-,21-/m1/s1. The number of benzene rings is 2. The minimum atomic E-state index is -5.03. The number of rotatable bonds is 9. The van der Waals surface area contributed by atoms with Gasteiger partial charge in [0.15, 0.2) is 0 Å². The molecule has 0 spiro atoms. The maximum atomic E-state index is 13.8. The van der Waals surface area contributed by atoms with Crippen molar-refractivity contribution in [2.75, 3.05) is 19.0 Å². The minimum Gasteiger partial charge on any atom is -0.381 e. The van der Waals surface area contributed by atoms with Crippen molar-refractivity contribution in [2.24, 2.45) is 0 Å². The molecule has 2 atom stereocenters. The first-order valence-electron chi connectivity index (χ1n) is 9.85. The molecule has 2 rings (SSSR count). The number of alkyl halides is 3. The monoisotopic (exact) mass is 526 g/mol. The summed E-state index contributed by atoms with van der Waals surface area (Å²) < 4.78 is 46.6. The first kappa shape index (κ1) is 27.5. The van der Waals surface area contributed by atoms with Gasteiger partial charge in [-0.25, -0.2) is 0 Å². The number of carbonyl (C=O) groups is 1. The number of nitrogens with one attached hydrogen (secondary N) is 2. The summed E-state index contributed by atoms with van der Waals surface area (Å²) in [5.41, 5.74) is -1.93. The second-order valence-corrected chi connectivity index (χ2v) is 8.83. The Morgan fingerprint density at radius 2 is 1.76 bits per heavy atom. The number of amides is 1. The Hall–Kier alpha value is -1.71. The second-order valence-electron chi connectivity index (χ2n) is 7.63. The van der Waals surface area contributed by atoms with E-state index in [1.54, 1.807) is 32.0 Å². The van der Waals surface area contributed by atoms with E-state index < -0.39 is 23.9 Å². The topological polar surface area (TPSA) is 70.6 Å². The van der Waals surface area contributed by atoms with Gasteiger partial charge in [-0.2, -0.15) is 13.2 Å². The Morgan fingerprint density at radius 3 is 2.27 bits per heavy atom. The highest BCUT2D eigenvalue weighted by Crippen LogP contribution is 2.43. The van der Waals surface area contributed by atoms with Gasteiger partial charge in [0.25, 0.3) is 0 Å². The highest BCUT2D eigenvalue weighted by Gasteiger charge is 2.55. The van der Waals surface area contributed by atoms with E-state index in [0.29, 0.717) is 5.69 Å². The molecule has 0 unspecified atom stereocenters. The number of anilines is 1. The van der Waals surface area contributed by atoms with Crippen molar-refractivity contribution < 1.29 is 27.8 Å². The van der Waals surface area contributed by atoms with Crippen LogP contribution in [0.15, 0.2) is 30.3 Å². The molecule has 2 aromatic carbocycles. The summed E-state index contributed by atoms with van der Waals surface area (Å²) in [7, 11) is 1.52. The van der Waals surface area contributed by atoms with Crippen LogP contribution in [0.2, 0.25) is 15.1 Å². The largest absolute Gasteiger partial charge is 0.423 e. The predicted octanol–water partition coefficient (Wildman–Crippen LogP) is 5.86. The summed E-state index contributed by atoms with van der Waals surface area (Å²) in [6.07, 6.45) is -5.03. The summed E-state index contributed by atoms with van der Waals surface area (Å²) >= 11 is 17.6. The molecule has 0 aliphatic carbocycles. The summed E-state index contributed by atoms with van der Waals surface area (Å²) in [5.74, 6) is -0.179. The van der Waals surface area contributed by atoms with Crippen molar-refractivity contribution in [3.8, 4) is 0 Å². The van der Waals surface area contributed by atoms with Crippen LogP contribution in [0.5, 0.6) is 0 Å². The molecule has 2 aromatic rings. The van der Waals surface area contributed by atoms with E-state index in [9.17, 15) is 23.1 Å². The molecule has 3 N–H and O–H groups in total. The number of carbonyl (C=O) groups excluding carboxylic acids is 1. The zero-order valence-corrected chi connectivity index (χ0v) is 20.4. The highest BCUT2D eigenvalue weighted by molar-refractivity contribution is 6.48. The van der Waals surface area contributed by atoms with E-state index in [2.05, 4.69) is 10.6 Å². The molecule has 0 radical (unpaired) electrons. The van der Waals surface area contributed by atoms with E-state index in [1.165, 1.54) is 7.11 Å². The molecule has 11 heteroatoms. The molecule has 0 fully saturated rings. The molecule has 5 nitrogen and oxygen atoms in total. The smallest absolute Gasteiger partial charge is 0.381 e. The van der Waals surface area contributed by atoms with Crippen LogP contribution < -0.4 is 10.6 Å². The quantitative estimate of drug-likeness (QED) is 0.357. The predicted molar refractivity (Wildman–Crippen MR) is 124 cm³/mol. The van der Waals surface area contributed by atoms with Crippen molar-refractivity contribution in [2.45, 2.75) is 44.7 Å². The van der Waals surface area contributed by atoms with Crippen LogP contribution in [-0.2, 0) is 21.7 Å². The van der Waals surface area contributed by atoms with Gasteiger partial charge in [0.2, 0.25) is 11.5 Å². The maximum Gasteiger partial charge on any atom is 0.423 e. The molecule has 0 aliphatic rings. The van der Waals surface area contributed by atoms with Gasteiger partial charge in [0.1, 0.15) is 0 Å². The first-order chi connectivity index (χ1) is 15.3. The van der Waals surface area contributed by atoms with Crippen LogP contribution in [0.3, 0.4) is 0 Å². The third-order valence-corrected chi connectivity index (χ3v) is 6.37. The molecule has 0 saturated carbocycles. The zero-order valence-electron chi connectivity index (χ0n) is 18.1. The molecule has 0 aromatic heterocycles. The van der Waals surface area contributed by atoms with Gasteiger partial charge >= 0.3 is 6.18 Å². The van der Waals surface area contributed by atoms with E-state index in [-0.39, 0.29) is 40.0 Å². The molecule has 0 saturated heterocycles. The molecule has 33 heavy (non-hydrogen) atoms. The SMILES string of the molecule is CO[C@H](C)CC(=O)NCc1ccc(NC[C@@](O)(c2cc(Cl)c(Cl)c(Cl)c2)C(F)(F)F)cc1C. The molecule has 182 valence electrons. The van der Waals surface area contributed by atoms with Gasteiger partial charge < -0.3 is 20.5 Å². The fourth-order valence-electron chi connectivity index (χ4n) is 3.00. The van der Waals surface area contributed by atoms with Gasteiger partial charge in [0, 0.05) is 19.3 Å². The van der Waals surface area contributed by atoms with Crippen molar-refractivity contribution in [3.63, 3.8) is 0 Å². The Balaban J connectivity index is 2.16. The van der Waals surface area contributed by atoms with Gasteiger partial charge in [-0.05, 0) is 54.8 Å². The highest BCUT2D eigenvalue weighted by atomic mass is 35.5. The third kappa shape index (κ3) is 6.90. The van der Waals surface area contributed by atoms with E-state index in [1.807, 2.05) is 0 Å². The van der Waals surface area contributed by atoms with Gasteiger partial charge in [0.05, 0.1) is 34.1 Å². The fourth-order valence-corrected chi connectivity index (χ4v) is 3.60. The van der Waals surface area contributed by atoms with Gasteiger partial charge in [-0.1, -0.05) is 40.9 Å². The first-order valence-corrected chi connectivity index (χ1v) is 11.0. The number of halogens is 6. The molecule has 0 bridgehead atoms. The Bertz CT molecular complexity index is 982. The molecular formula is C22H24Cl3F3N2O3. The van der Waals surface area contributed by atoms with Crippen LogP contribution in [0, 0.1) is 6.92 Å². The Morgan fingerprint density at radius 1 is 1.15 bits per heavy atom. The van der Waals surface area contributed by atoms with E-state index in [4.69, 9.17) is 39.5 Å². The Labute approximate surface area is 205 Å². The number of methoxy groups -OCH3 is 1. The fraction of sp³-hybridized carbons (Fsp3) is 0.409. The normalized spacial score (nSPS) is 14.5. The number of aryl methyl sites for hydroxylation is 1. The summed E-state index contributed by atoms with van der Waals surface area (Å²) in [6.45, 7) is 2.91. The van der Waals surface area contributed by atoms with Gasteiger partial charge in [-0.15, -0.1) is 0 Å². The number of ether oxygens (including phenoxy) is 1. The number of aliphatic hydroxyl groups is 1. The average molecular weight is 528 g/mol. The van der Waals surface area contributed by atoms with Crippen molar-refractivity contribution in [1.82, 2.24) is 5.32 Å². The summed E-state index contributed by atoms with van der Waals surface area (Å²) in [5, 5.41) is 15.5. The lowest BCUT2D eigenvalue weighted by molar-refractivity contribution is -0.260. The summed E-state index contributed by atoms with van der Waals surface area (Å²) in [6, 6.07) is 6.74. The maximum absolute atomic E-state index is 13.8. The van der Waals surface area contributed by atoms with E-state index in [0.717, 1.165) is 23.3 Å². The van der Waals surface area contributed by atoms with Crippen LogP contribution in [0.1, 0.15) is 30.0 Å². The second kappa shape index (κ2) is 11.1. The zero-order chi connectivity index (χ0) is 25.0. The molecule has 0 aliphatic heterocycles. The van der Waals surface area contributed by atoms with Crippen LogP contribution >= 0.6 is 34.8 Å². The molecule has 1 amide bonds.